The van der Waals surface area contributed by atoms with Crippen LogP contribution in [0.1, 0.15) is 15.9 Å². The molecule has 0 atom stereocenters. The number of phenols is 1. The molecule has 5 nitrogen and oxygen atoms in total. The maximum Gasteiger partial charge on any atom is 0.255 e. The van der Waals surface area contributed by atoms with Crippen molar-refractivity contribution in [3.8, 4) is 11.5 Å². The number of phenolic OH excluding ortho intramolecular Hbond substituents is 1. The zero-order chi connectivity index (χ0) is 14.7. The van der Waals surface area contributed by atoms with Crippen molar-refractivity contribution in [2.75, 3.05) is 18.2 Å². The zero-order valence-electron chi connectivity index (χ0n) is 11.3. The number of carbonyl (C=O) groups excluding carboxylic acids is 1. The van der Waals surface area contributed by atoms with Crippen molar-refractivity contribution in [3.05, 3.63) is 47.5 Å². The second-order valence-electron chi connectivity index (χ2n) is 4.41. The van der Waals surface area contributed by atoms with Crippen LogP contribution in [0.4, 0.5) is 11.4 Å². The van der Waals surface area contributed by atoms with Crippen molar-refractivity contribution in [1.82, 2.24) is 0 Å². The number of aryl methyl sites for hydroxylation is 1. The van der Waals surface area contributed by atoms with E-state index in [4.69, 9.17) is 10.5 Å². The second kappa shape index (κ2) is 5.52. The fraction of sp³-hybridized carbons (Fsp3) is 0.133. The first-order valence-corrected chi connectivity index (χ1v) is 6.05. The molecule has 0 spiro atoms. The first-order chi connectivity index (χ1) is 9.51. The van der Waals surface area contributed by atoms with Crippen molar-refractivity contribution in [3.63, 3.8) is 0 Å². The van der Waals surface area contributed by atoms with Crippen LogP contribution in [-0.2, 0) is 0 Å². The summed E-state index contributed by atoms with van der Waals surface area (Å²) < 4.78 is 5.06. The summed E-state index contributed by atoms with van der Waals surface area (Å²) in [7, 11) is 1.53. The molecule has 0 saturated heterocycles. The first-order valence-electron chi connectivity index (χ1n) is 6.05. The van der Waals surface area contributed by atoms with Gasteiger partial charge in [0.2, 0.25) is 0 Å². The number of nitrogen functional groups attached to an aromatic ring is 1. The van der Waals surface area contributed by atoms with E-state index < -0.39 is 0 Å². The van der Waals surface area contributed by atoms with Gasteiger partial charge < -0.3 is 20.9 Å². The average molecular weight is 272 g/mol. The van der Waals surface area contributed by atoms with Gasteiger partial charge in [-0.1, -0.05) is 0 Å². The third-order valence-corrected chi connectivity index (χ3v) is 2.94. The van der Waals surface area contributed by atoms with E-state index in [2.05, 4.69) is 5.32 Å². The number of carbonyl (C=O) groups is 1. The molecule has 0 aliphatic heterocycles. The van der Waals surface area contributed by atoms with Crippen LogP contribution < -0.4 is 15.8 Å². The zero-order valence-corrected chi connectivity index (χ0v) is 11.3. The lowest BCUT2D eigenvalue weighted by molar-refractivity contribution is 0.102. The number of hydrogen-bond acceptors (Lipinski definition) is 4. The fourth-order valence-corrected chi connectivity index (χ4v) is 1.91. The third-order valence-electron chi connectivity index (χ3n) is 2.94. The number of aromatic hydroxyl groups is 1. The van der Waals surface area contributed by atoms with Crippen LogP contribution in [0.3, 0.4) is 0 Å². The monoisotopic (exact) mass is 272 g/mol. The highest BCUT2D eigenvalue weighted by molar-refractivity contribution is 6.05. The van der Waals surface area contributed by atoms with Crippen LogP contribution in [0.25, 0.3) is 0 Å². The van der Waals surface area contributed by atoms with Crippen LogP contribution >= 0.6 is 0 Å². The maximum absolute atomic E-state index is 12.1. The summed E-state index contributed by atoms with van der Waals surface area (Å²) in [4.78, 5) is 12.1. The van der Waals surface area contributed by atoms with E-state index in [0.717, 1.165) is 0 Å². The van der Waals surface area contributed by atoms with Gasteiger partial charge in [0.05, 0.1) is 12.8 Å². The Bertz CT molecular complexity index is 654. The van der Waals surface area contributed by atoms with E-state index in [9.17, 15) is 9.90 Å². The number of amides is 1. The van der Waals surface area contributed by atoms with Crippen molar-refractivity contribution < 1.29 is 14.6 Å². The van der Waals surface area contributed by atoms with Crippen LogP contribution in [0.15, 0.2) is 36.4 Å². The number of rotatable bonds is 3. The summed E-state index contributed by atoms with van der Waals surface area (Å²) in [5.41, 5.74) is 8.02. The van der Waals surface area contributed by atoms with Gasteiger partial charge >= 0.3 is 0 Å². The normalized spacial score (nSPS) is 10.1. The topological polar surface area (TPSA) is 84.6 Å². The molecule has 0 heterocycles. The Hall–Kier alpha value is -2.69. The Morgan fingerprint density at radius 2 is 2.00 bits per heavy atom. The lowest BCUT2D eigenvalue weighted by Gasteiger charge is -2.10. The largest absolute Gasteiger partial charge is 0.508 e. The van der Waals surface area contributed by atoms with Gasteiger partial charge in [0.15, 0.2) is 0 Å². The summed E-state index contributed by atoms with van der Waals surface area (Å²) in [6, 6.07) is 9.62. The van der Waals surface area contributed by atoms with E-state index in [0.29, 0.717) is 28.3 Å². The van der Waals surface area contributed by atoms with Crippen LogP contribution in [-0.4, -0.2) is 18.1 Å². The summed E-state index contributed by atoms with van der Waals surface area (Å²) in [6.07, 6.45) is 0. The molecule has 0 aliphatic carbocycles. The highest BCUT2D eigenvalue weighted by Crippen LogP contribution is 2.25. The number of nitrogens with one attached hydrogen (secondary N) is 1. The molecule has 2 rings (SSSR count). The van der Waals surface area contributed by atoms with Gasteiger partial charge in [-0.25, -0.2) is 0 Å². The quantitative estimate of drug-likeness (QED) is 0.750. The number of hydrogen-bond donors (Lipinski definition) is 3. The predicted octanol–water partition coefficient (Wildman–Crippen LogP) is 2.54. The summed E-state index contributed by atoms with van der Waals surface area (Å²) >= 11 is 0. The van der Waals surface area contributed by atoms with Gasteiger partial charge in [0.1, 0.15) is 11.5 Å². The Labute approximate surface area is 117 Å². The average Bonchev–Trinajstić information content (AvgIpc) is 2.38. The van der Waals surface area contributed by atoms with Crippen molar-refractivity contribution >= 4 is 17.3 Å². The summed E-state index contributed by atoms with van der Waals surface area (Å²) in [6.45, 7) is 1.76. The van der Waals surface area contributed by atoms with Gasteiger partial charge in [-0.2, -0.15) is 0 Å². The molecule has 2 aromatic rings. The lowest BCUT2D eigenvalue weighted by atomic mass is 10.1. The van der Waals surface area contributed by atoms with Crippen LogP contribution in [0.5, 0.6) is 11.5 Å². The molecular weight excluding hydrogens is 256 g/mol. The first kappa shape index (κ1) is 13.7. The van der Waals surface area contributed by atoms with Crippen molar-refractivity contribution in [2.45, 2.75) is 6.92 Å². The molecule has 1 amide bonds. The summed E-state index contributed by atoms with van der Waals surface area (Å²) in [5, 5.41) is 12.1. The molecule has 0 aromatic heterocycles. The van der Waals surface area contributed by atoms with Gasteiger partial charge in [0.25, 0.3) is 5.91 Å². The van der Waals surface area contributed by atoms with Crippen molar-refractivity contribution in [1.29, 1.82) is 0 Å². The molecule has 104 valence electrons. The van der Waals surface area contributed by atoms with E-state index in [1.807, 2.05) is 0 Å². The van der Waals surface area contributed by atoms with E-state index >= 15 is 0 Å². The van der Waals surface area contributed by atoms with E-state index in [-0.39, 0.29) is 11.7 Å². The van der Waals surface area contributed by atoms with Gasteiger partial charge in [0, 0.05) is 11.3 Å². The minimum atomic E-state index is -0.257. The smallest absolute Gasteiger partial charge is 0.255 e. The molecule has 0 radical (unpaired) electrons. The number of methoxy groups -OCH3 is 1. The maximum atomic E-state index is 12.1. The summed E-state index contributed by atoms with van der Waals surface area (Å²) in [5.74, 6) is 0.434. The van der Waals surface area contributed by atoms with E-state index in [1.165, 1.54) is 19.2 Å². The Morgan fingerprint density at radius 3 is 2.60 bits per heavy atom. The molecule has 0 saturated carbocycles. The number of benzene rings is 2. The molecule has 20 heavy (non-hydrogen) atoms. The van der Waals surface area contributed by atoms with E-state index in [1.54, 1.807) is 31.2 Å². The van der Waals surface area contributed by atoms with Gasteiger partial charge in [-0.15, -0.1) is 0 Å². The minimum absolute atomic E-state index is 0.132. The predicted molar refractivity (Wildman–Crippen MR) is 78.2 cm³/mol. The number of nitrogens with two attached hydrogens (primary N) is 1. The number of anilines is 2. The molecular formula is C15H16N2O3. The van der Waals surface area contributed by atoms with Crippen molar-refractivity contribution in [2.24, 2.45) is 0 Å². The fourth-order valence-electron chi connectivity index (χ4n) is 1.91. The molecule has 0 fully saturated rings. The number of ether oxygens (including phenoxy) is 1. The molecule has 2 aromatic carbocycles. The standard InChI is InChI=1S/C15H16N2O3/c1-9-7-11(18)4-5-12(9)15(19)17-10-3-6-14(20-2)13(16)8-10/h3-8,18H,16H2,1-2H3,(H,17,19). The highest BCUT2D eigenvalue weighted by atomic mass is 16.5. The third kappa shape index (κ3) is 2.83. The molecule has 0 aliphatic rings. The lowest BCUT2D eigenvalue weighted by Crippen LogP contribution is -2.13. The van der Waals surface area contributed by atoms with Gasteiger partial charge in [-0.3, -0.25) is 4.79 Å². The van der Waals surface area contributed by atoms with Gasteiger partial charge in [-0.05, 0) is 48.9 Å². The van der Waals surface area contributed by atoms with Crippen LogP contribution in [0, 0.1) is 6.92 Å². The molecule has 0 unspecified atom stereocenters. The highest BCUT2D eigenvalue weighted by Gasteiger charge is 2.10. The minimum Gasteiger partial charge on any atom is -0.508 e. The SMILES string of the molecule is COc1ccc(NC(=O)c2ccc(O)cc2C)cc1N. The Kier molecular flexibility index (Phi) is 3.79. The second-order valence-corrected chi connectivity index (χ2v) is 4.41. The van der Waals surface area contributed by atoms with Crippen LogP contribution in [0.2, 0.25) is 0 Å². The Balaban J connectivity index is 2.21. The molecule has 4 N–H and O–H groups in total. The Morgan fingerprint density at radius 1 is 1.25 bits per heavy atom. The molecule has 0 bridgehead atoms. The molecule has 5 heteroatoms.